The Bertz CT molecular complexity index is 1050. The summed E-state index contributed by atoms with van der Waals surface area (Å²) in [6.07, 6.45) is -3.40. The van der Waals surface area contributed by atoms with E-state index < -0.39 is 59.3 Å². The predicted octanol–water partition coefficient (Wildman–Crippen LogP) is 4.01. The van der Waals surface area contributed by atoms with E-state index in [9.17, 15) is 22.8 Å². The van der Waals surface area contributed by atoms with Gasteiger partial charge in [0.2, 0.25) is 0 Å². The van der Waals surface area contributed by atoms with Gasteiger partial charge in [-0.25, -0.2) is 27.2 Å². The maximum Gasteiger partial charge on any atom is 0.351 e. The van der Waals surface area contributed by atoms with Crippen LogP contribution in [0.3, 0.4) is 0 Å². The maximum absolute atomic E-state index is 15.0. The molecule has 0 N–H and O–H groups in total. The molecule has 1 aromatic carbocycles. The second-order valence-corrected chi connectivity index (χ2v) is 8.51. The van der Waals surface area contributed by atoms with Gasteiger partial charge in [-0.05, 0) is 39.7 Å². The van der Waals surface area contributed by atoms with Gasteiger partial charge in [0.25, 0.3) is 6.43 Å². The van der Waals surface area contributed by atoms with Crippen molar-refractivity contribution in [2.75, 3.05) is 6.67 Å². The number of alkyl halides is 3. The summed E-state index contributed by atoms with van der Waals surface area (Å²) in [4.78, 5) is 25.4. The lowest BCUT2D eigenvalue weighted by molar-refractivity contribution is -0.00587. The van der Waals surface area contributed by atoms with Crippen LogP contribution in [0.4, 0.5) is 17.6 Å². The van der Waals surface area contributed by atoms with E-state index in [1.165, 1.54) is 4.57 Å². The van der Waals surface area contributed by atoms with Crippen molar-refractivity contribution in [3.63, 3.8) is 0 Å². The molecule has 0 unspecified atom stereocenters. The van der Waals surface area contributed by atoms with Crippen molar-refractivity contribution in [1.82, 2.24) is 14.3 Å². The quantitative estimate of drug-likeness (QED) is 0.441. The number of hydrogen-bond acceptors (Lipinski definition) is 5. The Morgan fingerprint density at radius 2 is 1.94 bits per heavy atom. The number of ether oxygens (including phenoxy) is 2. The average molecular weight is 459 g/mol. The van der Waals surface area contributed by atoms with E-state index in [-0.39, 0.29) is 6.04 Å². The average Bonchev–Trinajstić information content (AvgIpc) is 3.47. The van der Waals surface area contributed by atoms with Gasteiger partial charge in [-0.2, -0.15) is 4.68 Å². The third-order valence-electron chi connectivity index (χ3n) is 4.72. The third kappa shape index (κ3) is 4.97. The zero-order valence-electron chi connectivity index (χ0n) is 18.2. The Morgan fingerprint density at radius 3 is 2.44 bits per heavy atom. The van der Waals surface area contributed by atoms with E-state index in [0.29, 0.717) is 18.3 Å². The lowest BCUT2D eigenvalue weighted by Crippen LogP contribution is -2.30. The zero-order valence-corrected chi connectivity index (χ0v) is 18.2. The third-order valence-corrected chi connectivity index (χ3v) is 4.72. The van der Waals surface area contributed by atoms with E-state index >= 15 is 4.39 Å². The molecule has 0 radical (unpaired) electrons. The summed E-state index contributed by atoms with van der Waals surface area (Å²) in [7, 11) is 0. The van der Waals surface area contributed by atoms with Crippen LogP contribution in [0.2, 0.25) is 0 Å². The lowest BCUT2D eigenvalue weighted by atomic mass is 10.1. The fourth-order valence-corrected chi connectivity index (χ4v) is 3.12. The molecule has 1 saturated carbocycles. The second-order valence-electron chi connectivity index (χ2n) is 8.51. The Hall–Kier alpha value is -2.85. The summed E-state index contributed by atoms with van der Waals surface area (Å²) in [5.74, 6) is -2.17. The van der Waals surface area contributed by atoms with Gasteiger partial charge >= 0.3 is 11.7 Å². The van der Waals surface area contributed by atoms with Crippen LogP contribution in [0.1, 0.15) is 62.8 Å². The van der Waals surface area contributed by atoms with E-state index in [1.54, 1.807) is 27.7 Å². The zero-order chi connectivity index (χ0) is 23.8. The van der Waals surface area contributed by atoms with E-state index in [0.717, 1.165) is 23.6 Å². The van der Waals surface area contributed by atoms with Crippen LogP contribution >= 0.6 is 0 Å². The molecule has 1 fully saturated rings. The molecule has 1 atom stereocenters. The predicted molar refractivity (Wildman–Crippen MR) is 107 cm³/mol. The van der Waals surface area contributed by atoms with Crippen LogP contribution in [-0.4, -0.2) is 45.1 Å². The summed E-state index contributed by atoms with van der Waals surface area (Å²) in [6.45, 7) is 4.94. The molecule has 3 rings (SSSR count). The number of aryl methyl sites for hydroxylation is 1. The van der Waals surface area contributed by atoms with Gasteiger partial charge in [-0.1, -0.05) is 6.92 Å². The first kappa shape index (κ1) is 23.8. The fourth-order valence-electron chi connectivity index (χ4n) is 3.12. The van der Waals surface area contributed by atoms with Gasteiger partial charge in [0.05, 0.1) is 0 Å². The van der Waals surface area contributed by atoms with Crippen LogP contribution in [0.25, 0.3) is 5.69 Å². The van der Waals surface area contributed by atoms with E-state index in [2.05, 4.69) is 5.10 Å². The Morgan fingerprint density at radius 1 is 1.28 bits per heavy atom. The van der Waals surface area contributed by atoms with Gasteiger partial charge in [0, 0.05) is 18.5 Å². The van der Waals surface area contributed by atoms with Crippen LogP contribution in [0.15, 0.2) is 16.9 Å². The monoisotopic (exact) mass is 459 g/mol. The second kappa shape index (κ2) is 8.95. The number of nitrogens with zero attached hydrogens (tertiary/aromatic N) is 3. The minimum atomic E-state index is -3.21. The molecule has 0 bridgehead atoms. The highest BCUT2D eigenvalue weighted by atomic mass is 19.3. The van der Waals surface area contributed by atoms with Crippen LogP contribution in [0, 0.1) is 5.82 Å². The Labute approximate surface area is 181 Å². The molecule has 1 heterocycles. The van der Waals surface area contributed by atoms with Gasteiger partial charge < -0.3 is 9.47 Å². The lowest BCUT2D eigenvalue weighted by Gasteiger charge is -2.22. The van der Waals surface area contributed by atoms with Gasteiger partial charge in [-0.3, -0.25) is 4.57 Å². The first-order valence-corrected chi connectivity index (χ1v) is 10.2. The fraction of sp³-hybridized carbons (Fsp3) is 0.571. The number of aromatic nitrogens is 3. The highest BCUT2D eigenvalue weighted by Crippen LogP contribution is 2.35. The molecule has 2 aromatic rings. The SMILES string of the molecule is CCc1nn(-c2cc(O[C@@H](CF)C(F)F)c(C(=O)OC(C)(C)C)cc2F)c(=O)n1C1CC1. The standard InChI is InChI=1S/C21H25F4N3O4/c1-5-17-26-28(20(30)27(17)11-6-7-11)14-9-15(31-16(10-22)18(24)25)12(8-13(14)23)19(29)32-21(2,3)4/h8-9,11,16,18H,5-7,10H2,1-4H3/t16-/m0/s1. The number of rotatable bonds is 8. The first-order valence-electron chi connectivity index (χ1n) is 10.2. The minimum absolute atomic E-state index is 0.0271. The summed E-state index contributed by atoms with van der Waals surface area (Å²) < 4.78 is 66.9. The normalized spacial score (nSPS) is 15.2. The van der Waals surface area contributed by atoms with Gasteiger partial charge in [-0.15, -0.1) is 5.10 Å². The molecule has 1 aliphatic carbocycles. The summed E-state index contributed by atoms with van der Waals surface area (Å²) in [5, 5.41) is 4.16. The molecule has 0 spiro atoms. The minimum Gasteiger partial charge on any atom is -0.481 e. The molecule has 1 aromatic heterocycles. The first-order chi connectivity index (χ1) is 15.0. The topological polar surface area (TPSA) is 75.4 Å². The van der Waals surface area contributed by atoms with Gasteiger partial charge in [0.1, 0.15) is 40.9 Å². The van der Waals surface area contributed by atoms with Crippen molar-refractivity contribution in [1.29, 1.82) is 0 Å². The molecule has 1 aliphatic rings. The number of hydrogen-bond donors (Lipinski definition) is 0. The maximum atomic E-state index is 15.0. The van der Waals surface area contributed by atoms with E-state index in [1.807, 2.05) is 0 Å². The van der Waals surface area contributed by atoms with Crippen LogP contribution < -0.4 is 10.4 Å². The summed E-state index contributed by atoms with van der Waals surface area (Å²) >= 11 is 0. The molecular weight excluding hydrogens is 434 g/mol. The number of halogens is 4. The molecule has 0 amide bonds. The number of carbonyl (C=O) groups is 1. The molecule has 7 nitrogen and oxygen atoms in total. The Kier molecular flexibility index (Phi) is 6.66. The van der Waals surface area contributed by atoms with Crippen molar-refractivity contribution < 1.29 is 31.8 Å². The van der Waals surface area contributed by atoms with E-state index in [4.69, 9.17) is 9.47 Å². The van der Waals surface area contributed by atoms with Crippen molar-refractivity contribution in [2.45, 2.75) is 71.1 Å². The van der Waals surface area contributed by atoms with Crippen molar-refractivity contribution >= 4 is 5.97 Å². The van der Waals surface area contributed by atoms with Crippen molar-refractivity contribution in [2.24, 2.45) is 0 Å². The molecule has 0 aliphatic heterocycles. The van der Waals surface area contributed by atoms with Gasteiger partial charge in [0.15, 0.2) is 6.10 Å². The number of carbonyl (C=O) groups excluding carboxylic acids is 1. The highest BCUT2D eigenvalue weighted by Gasteiger charge is 2.32. The molecule has 0 saturated heterocycles. The smallest absolute Gasteiger partial charge is 0.351 e. The number of esters is 1. The van der Waals surface area contributed by atoms with Crippen molar-refractivity contribution in [3.05, 3.63) is 39.8 Å². The largest absolute Gasteiger partial charge is 0.481 e. The Balaban J connectivity index is 2.14. The highest BCUT2D eigenvalue weighted by molar-refractivity contribution is 5.93. The summed E-state index contributed by atoms with van der Waals surface area (Å²) in [6, 6.07) is 1.58. The molecule has 11 heteroatoms. The molecular formula is C21H25F4N3O4. The number of benzene rings is 1. The van der Waals surface area contributed by atoms with Crippen LogP contribution in [0.5, 0.6) is 5.75 Å². The summed E-state index contributed by atoms with van der Waals surface area (Å²) in [5.41, 5.74) is -2.49. The molecule has 32 heavy (non-hydrogen) atoms. The van der Waals surface area contributed by atoms with Crippen molar-refractivity contribution in [3.8, 4) is 11.4 Å². The molecule has 176 valence electrons. The van der Waals surface area contributed by atoms with Crippen LogP contribution in [-0.2, 0) is 11.2 Å².